The second kappa shape index (κ2) is 6.22. The molecule has 0 spiro atoms. The molecule has 1 saturated heterocycles. The first-order valence-corrected chi connectivity index (χ1v) is 8.55. The maximum atomic E-state index is 12.4. The molecule has 1 N–H and O–H groups in total. The second-order valence-corrected chi connectivity index (χ2v) is 6.55. The van der Waals surface area contributed by atoms with Gasteiger partial charge in [0.25, 0.3) is 11.2 Å². The van der Waals surface area contributed by atoms with E-state index in [1.807, 2.05) is 0 Å². The van der Waals surface area contributed by atoms with Crippen LogP contribution >= 0.6 is 11.3 Å². The summed E-state index contributed by atoms with van der Waals surface area (Å²) in [6, 6.07) is 7.58. The molecule has 3 heterocycles. The third-order valence-electron chi connectivity index (χ3n) is 4.00. The van der Waals surface area contributed by atoms with Gasteiger partial charge in [-0.1, -0.05) is 11.3 Å². The Kier molecular flexibility index (Phi) is 3.90. The van der Waals surface area contributed by atoms with Gasteiger partial charge >= 0.3 is 0 Å². The standard InChI is InChI=1S/C15H14N6O3S/c22-13-9-12(19-7-5-16-6-8-19)17-15-20(13)18-14(25-15)10-1-3-11(4-2-10)21(23)24/h1-4,9,16H,5-8H2. The zero-order valence-electron chi connectivity index (χ0n) is 13.1. The van der Waals surface area contributed by atoms with Crippen molar-refractivity contribution < 1.29 is 4.92 Å². The number of piperazine rings is 1. The number of nitrogens with one attached hydrogen (secondary N) is 1. The average Bonchev–Trinajstić information content (AvgIpc) is 3.07. The Morgan fingerprint density at radius 1 is 1.20 bits per heavy atom. The number of nitro benzene ring substituents is 1. The first kappa shape index (κ1) is 15.7. The molecule has 0 atom stereocenters. The summed E-state index contributed by atoms with van der Waals surface area (Å²) in [5.41, 5.74) is 0.494. The molecule has 4 rings (SSSR count). The van der Waals surface area contributed by atoms with Crippen molar-refractivity contribution in [2.24, 2.45) is 0 Å². The van der Waals surface area contributed by atoms with Gasteiger partial charge < -0.3 is 10.2 Å². The van der Waals surface area contributed by atoms with E-state index in [2.05, 4.69) is 20.3 Å². The van der Waals surface area contributed by atoms with Crippen molar-refractivity contribution in [2.45, 2.75) is 0 Å². The summed E-state index contributed by atoms with van der Waals surface area (Å²) in [5.74, 6) is 0.658. The Labute approximate surface area is 145 Å². The summed E-state index contributed by atoms with van der Waals surface area (Å²) in [6.07, 6.45) is 0. The normalized spacial score (nSPS) is 14.8. The molecule has 25 heavy (non-hydrogen) atoms. The van der Waals surface area contributed by atoms with Crippen molar-refractivity contribution in [1.29, 1.82) is 0 Å². The molecule has 1 aromatic carbocycles. The molecule has 128 valence electrons. The van der Waals surface area contributed by atoms with Crippen LogP contribution < -0.4 is 15.8 Å². The Hall–Kier alpha value is -2.85. The van der Waals surface area contributed by atoms with E-state index in [0.29, 0.717) is 21.3 Å². The fourth-order valence-corrected chi connectivity index (χ4v) is 3.60. The van der Waals surface area contributed by atoms with Gasteiger partial charge in [-0.25, -0.2) is 4.98 Å². The number of nitrogens with zero attached hydrogens (tertiary/aromatic N) is 5. The van der Waals surface area contributed by atoms with Crippen molar-refractivity contribution in [3.05, 3.63) is 50.8 Å². The van der Waals surface area contributed by atoms with E-state index in [9.17, 15) is 14.9 Å². The maximum Gasteiger partial charge on any atom is 0.277 e. The summed E-state index contributed by atoms with van der Waals surface area (Å²) in [5, 5.41) is 18.9. The highest BCUT2D eigenvalue weighted by Crippen LogP contribution is 2.26. The van der Waals surface area contributed by atoms with Crippen LogP contribution in [0.4, 0.5) is 11.5 Å². The van der Waals surface area contributed by atoms with Gasteiger partial charge in [-0.3, -0.25) is 14.9 Å². The van der Waals surface area contributed by atoms with Crippen molar-refractivity contribution in [1.82, 2.24) is 19.9 Å². The lowest BCUT2D eigenvalue weighted by molar-refractivity contribution is -0.384. The average molecular weight is 358 g/mol. The van der Waals surface area contributed by atoms with Gasteiger partial charge in [-0.15, -0.1) is 0 Å². The minimum Gasteiger partial charge on any atom is -0.354 e. The smallest absolute Gasteiger partial charge is 0.277 e. The van der Waals surface area contributed by atoms with E-state index in [1.165, 1.54) is 34.1 Å². The van der Waals surface area contributed by atoms with Crippen molar-refractivity contribution in [3.63, 3.8) is 0 Å². The molecule has 0 bridgehead atoms. The quantitative estimate of drug-likeness (QED) is 0.553. The minimum absolute atomic E-state index is 0.0150. The number of fused-ring (bicyclic) bond motifs is 1. The minimum atomic E-state index is -0.450. The lowest BCUT2D eigenvalue weighted by atomic mass is 10.2. The summed E-state index contributed by atoms with van der Waals surface area (Å²) in [6.45, 7) is 3.32. The van der Waals surface area contributed by atoms with E-state index in [-0.39, 0.29) is 11.2 Å². The van der Waals surface area contributed by atoms with Crippen LogP contribution in [0.3, 0.4) is 0 Å². The predicted molar refractivity (Wildman–Crippen MR) is 94.3 cm³/mol. The molecule has 0 unspecified atom stereocenters. The number of hydrogen-bond acceptors (Lipinski definition) is 8. The van der Waals surface area contributed by atoms with Crippen LogP contribution in [0.5, 0.6) is 0 Å². The molecule has 0 radical (unpaired) electrons. The van der Waals surface area contributed by atoms with Gasteiger partial charge in [0.1, 0.15) is 10.8 Å². The second-order valence-electron chi connectivity index (χ2n) is 5.60. The zero-order valence-corrected chi connectivity index (χ0v) is 13.9. The van der Waals surface area contributed by atoms with Gasteiger partial charge in [0, 0.05) is 49.9 Å². The van der Waals surface area contributed by atoms with E-state index < -0.39 is 4.92 Å². The number of anilines is 1. The van der Waals surface area contributed by atoms with Gasteiger partial charge in [0.05, 0.1) is 4.92 Å². The van der Waals surface area contributed by atoms with Gasteiger partial charge in [-0.05, 0) is 12.1 Å². The van der Waals surface area contributed by atoms with Crippen molar-refractivity contribution >= 4 is 27.8 Å². The molecular formula is C15H14N6O3S. The van der Waals surface area contributed by atoms with Gasteiger partial charge in [0.15, 0.2) is 0 Å². The summed E-state index contributed by atoms with van der Waals surface area (Å²) < 4.78 is 1.27. The van der Waals surface area contributed by atoms with Crippen molar-refractivity contribution in [3.8, 4) is 10.6 Å². The molecule has 0 amide bonds. The molecule has 1 aliphatic heterocycles. The number of rotatable bonds is 3. The van der Waals surface area contributed by atoms with Crippen LogP contribution in [-0.2, 0) is 0 Å². The number of hydrogen-bond donors (Lipinski definition) is 1. The van der Waals surface area contributed by atoms with E-state index >= 15 is 0 Å². The van der Waals surface area contributed by atoms with Crippen LogP contribution in [0.25, 0.3) is 15.5 Å². The first-order valence-electron chi connectivity index (χ1n) is 7.73. The summed E-state index contributed by atoms with van der Waals surface area (Å²) >= 11 is 1.29. The third kappa shape index (κ3) is 2.96. The molecule has 10 heteroatoms. The molecular weight excluding hydrogens is 344 g/mol. The SMILES string of the molecule is O=c1cc(N2CCNCC2)nc2sc(-c3ccc([N+](=O)[O-])cc3)nn12. The predicted octanol–water partition coefficient (Wildman–Crippen LogP) is 1.14. The number of aromatic nitrogens is 3. The Morgan fingerprint density at radius 3 is 2.60 bits per heavy atom. The number of non-ortho nitro benzene ring substituents is 1. The highest BCUT2D eigenvalue weighted by Gasteiger charge is 2.16. The van der Waals surface area contributed by atoms with E-state index in [0.717, 1.165) is 26.2 Å². The number of benzene rings is 1. The highest BCUT2D eigenvalue weighted by atomic mass is 32.1. The topological polar surface area (TPSA) is 106 Å². The third-order valence-corrected chi connectivity index (χ3v) is 4.96. The van der Waals surface area contributed by atoms with Crippen LogP contribution in [-0.4, -0.2) is 45.7 Å². The molecule has 2 aromatic heterocycles. The van der Waals surface area contributed by atoms with Crippen LogP contribution in [0, 0.1) is 10.1 Å². The molecule has 0 aliphatic carbocycles. The van der Waals surface area contributed by atoms with Crippen LogP contribution in [0.15, 0.2) is 35.1 Å². The largest absolute Gasteiger partial charge is 0.354 e. The first-order chi connectivity index (χ1) is 12.1. The Morgan fingerprint density at radius 2 is 1.92 bits per heavy atom. The summed E-state index contributed by atoms with van der Waals surface area (Å²) in [7, 11) is 0. The molecule has 3 aromatic rings. The summed E-state index contributed by atoms with van der Waals surface area (Å²) in [4.78, 5) is 29.8. The van der Waals surface area contributed by atoms with Gasteiger partial charge in [-0.2, -0.15) is 9.61 Å². The fourth-order valence-electron chi connectivity index (χ4n) is 2.70. The van der Waals surface area contributed by atoms with Crippen LogP contribution in [0.1, 0.15) is 0 Å². The lowest BCUT2D eigenvalue weighted by Gasteiger charge is -2.27. The fraction of sp³-hybridized carbons (Fsp3) is 0.267. The Balaban J connectivity index is 1.73. The van der Waals surface area contributed by atoms with Gasteiger partial charge in [0.2, 0.25) is 4.96 Å². The monoisotopic (exact) mass is 358 g/mol. The zero-order chi connectivity index (χ0) is 17.4. The van der Waals surface area contributed by atoms with Crippen LogP contribution in [0.2, 0.25) is 0 Å². The molecule has 9 nitrogen and oxygen atoms in total. The molecule has 1 aliphatic rings. The highest BCUT2D eigenvalue weighted by molar-refractivity contribution is 7.19. The van der Waals surface area contributed by atoms with E-state index in [1.54, 1.807) is 12.1 Å². The lowest BCUT2D eigenvalue weighted by Crippen LogP contribution is -2.44. The Bertz CT molecular complexity index is 991. The maximum absolute atomic E-state index is 12.4. The molecule has 0 saturated carbocycles. The number of nitro groups is 1. The van der Waals surface area contributed by atoms with Crippen molar-refractivity contribution in [2.75, 3.05) is 31.1 Å². The van der Waals surface area contributed by atoms with E-state index in [4.69, 9.17) is 0 Å². The molecule has 1 fully saturated rings.